The Balaban J connectivity index is 0.729. The second-order valence-corrected chi connectivity index (χ2v) is 17.0. The van der Waals surface area contributed by atoms with Crippen LogP contribution in [0.4, 0.5) is 20.3 Å². The van der Waals surface area contributed by atoms with Crippen molar-refractivity contribution in [2.75, 3.05) is 62.8 Å². The first-order valence-electron chi connectivity index (χ1n) is 21.8. The minimum absolute atomic E-state index is 0.00747. The van der Waals surface area contributed by atoms with Crippen molar-refractivity contribution in [2.24, 2.45) is 13.0 Å². The maximum Gasteiger partial charge on any atom is 0.329 e. The highest BCUT2D eigenvalue weighted by Crippen LogP contribution is 2.36. The Hall–Kier alpha value is -5.53. The number of nitrogens with one attached hydrogen (secondary N) is 2. The smallest absolute Gasteiger partial charge is 0.329 e. The molecule has 19 heteroatoms. The van der Waals surface area contributed by atoms with Gasteiger partial charge in [0.25, 0.3) is 12.3 Å². The number of amides is 3. The molecular weight excluding hydrogens is 805 g/mol. The highest BCUT2D eigenvalue weighted by Gasteiger charge is 2.33. The number of carbonyl (C=O) groups excluding carboxylic acids is 3. The largest absolute Gasteiger partial charge is 0.378 e. The average molecular weight is 858 g/mol. The number of para-hydroxylation sites is 1. The van der Waals surface area contributed by atoms with E-state index in [1.165, 1.54) is 21.5 Å². The minimum atomic E-state index is -2.86. The standard InChI is InChI=1S/C43H53F2N11O6/c1-51-38-28(4-2-6-33(38)56(43(51)60)34-11-12-36(57)49-42(34)59)5-3-21-62-30-13-16-52(17-14-30)25-27-7-9-29(10-8-27)55-26-32(37(50-55)39(44)45)47-41(58)31-24-46-54-18-15-35(48-40(31)54)53-19-22-61-23-20-53/h2,4,6,15,18,24,26-27,29-30,34,39H,3,5,7-14,16-17,19-23,25H2,1H3,(H,47,58)(H,49,57,59)/t27?,29?,34-/m1/s1. The maximum absolute atomic E-state index is 14.3. The number of piperidine rings is 2. The zero-order chi connectivity index (χ0) is 42.9. The van der Waals surface area contributed by atoms with Crippen LogP contribution >= 0.6 is 0 Å². The molecule has 17 nitrogen and oxygen atoms in total. The van der Waals surface area contributed by atoms with Crippen LogP contribution < -0.4 is 21.2 Å². The van der Waals surface area contributed by atoms with Crippen molar-refractivity contribution in [2.45, 2.75) is 88.8 Å². The Labute approximate surface area is 356 Å². The lowest BCUT2D eigenvalue weighted by molar-refractivity contribution is -0.135. The second kappa shape index (κ2) is 18.1. The third kappa shape index (κ3) is 8.61. The van der Waals surface area contributed by atoms with Gasteiger partial charge in [0, 0.05) is 65.2 Å². The Morgan fingerprint density at radius 3 is 2.56 bits per heavy atom. The lowest BCUT2D eigenvalue weighted by Gasteiger charge is -2.36. The molecule has 0 unspecified atom stereocenters. The summed E-state index contributed by atoms with van der Waals surface area (Å²) in [5.74, 6) is -0.134. The zero-order valence-electron chi connectivity index (χ0n) is 34.9. The monoisotopic (exact) mass is 857 g/mol. The van der Waals surface area contributed by atoms with Crippen molar-refractivity contribution in [1.82, 2.24) is 43.7 Å². The van der Waals surface area contributed by atoms with Gasteiger partial charge in [-0.3, -0.25) is 33.5 Å². The van der Waals surface area contributed by atoms with Crippen LogP contribution in [-0.4, -0.2) is 115 Å². The van der Waals surface area contributed by atoms with E-state index >= 15 is 0 Å². The van der Waals surface area contributed by atoms with Crippen LogP contribution in [0.3, 0.4) is 0 Å². The number of anilines is 2. The molecule has 1 atom stereocenters. The van der Waals surface area contributed by atoms with Crippen molar-refractivity contribution in [1.29, 1.82) is 0 Å². The fourth-order valence-electron chi connectivity index (χ4n) is 9.71. The predicted molar refractivity (Wildman–Crippen MR) is 224 cm³/mol. The van der Waals surface area contributed by atoms with E-state index in [0.717, 1.165) is 82.1 Å². The highest BCUT2D eigenvalue weighted by atomic mass is 19.3. The first kappa shape index (κ1) is 41.8. The van der Waals surface area contributed by atoms with Crippen LogP contribution in [0.1, 0.15) is 97.9 Å². The topological polar surface area (TPSA) is 175 Å². The SMILES string of the molecule is Cn1c(=O)n([C@@H]2CCC(=O)NC2=O)c2cccc(CCCOC3CCN(CC4CCC(n5cc(NC(=O)c6cnn7ccc(N8CCOCC8)nc67)c(C(F)F)n5)CC4)CC3)c21. The van der Waals surface area contributed by atoms with Gasteiger partial charge >= 0.3 is 5.69 Å². The summed E-state index contributed by atoms with van der Waals surface area (Å²) in [5.41, 5.74) is 2.32. The van der Waals surface area contributed by atoms with Gasteiger partial charge in [-0.1, -0.05) is 12.1 Å². The molecule has 1 aliphatic carbocycles. The summed E-state index contributed by atoms with van der Waals surface area (Å²) >= 11 is 0. The number of morpholine rings is 1. The molecule has 0 radical (unpaired) electrons. The number of imidazole rings is 1. The zero-order valence-corrected chi connectivity index (χ0v) is 34.9. The van der Waals surface area contributed by atoms with E-state index in [2.05, 4.69) is 35.6 Å². The molecule has 3 saturated heterocycles. The van der Waals surface area contributed by atoms with Crippen molar-refractivity contribution < 1.29 is 32.6 Å². The fraction of sp³-hybridized carbons (Fsp3) is 0.558. The molecule has 1 aromatic carbocycles. The summed E-state index contributed by atoms with van der Waals surface area (Å²) in [6, 6.07) is 6.86. The molecule has 330 valence electrons. The number of alkyl halides is 2. The van der Waals surface area contributed by atoms with Crippen molar-refractivity contribution in [3.05, 3.63) is 70.2 Å². The van der Waals surface area contributed by atoms with E-state index in [1.54, 1.807) is 22.5 Å². The number of likely N-dealkylation sites (tertiary alicyclic amines) is 1. The van der Waals surface area contributed by atoms with Gasteiger partial charge < -0.3 is 24.6 Å². The highest BCUT2D eigenvalue weighted by molar-refractivity contribution is 6.08. The summed E-state index contributed by atoms with van der Waals surface area (Å²) in [7, 11) is 1.72. The Kier molecular flexibility index (Phi) is 12.2. The number of hydrogen-bond donors (Lipinski definition) is 2. The number of ether oxygens (including phenoxy) is 2. The summed E-state index contributed by atoms with van der Waals surface area (Å²) < 4.78 is 46.5. The number of nitrogens with zero attached hydrogens (tertiary/aromatic N) is 9. The number of carbonyl (C=O) groups is 3. The van der Waals surface area contributed by atoms with Crippen molar-refractivity contribution in [3.63, 3.8) is 0 Å². The number of rotatable bonds is 13. The average Bonchev–Trinajstić information content (AvgIpc) is 3.98. The Morgan fingerprint density at radius 2 is 1.81 bits per heavy atom. The van der Waals surface area contributed by atoms with Gasteiger partial charge in [-0.15, -0.1) is 0 Å². The van der Waals surface area contributed by atoms with Gasteiger partial charge in [0.15, 0.2) is 11.3 Å². The number of imide groups is 1. The van der Waals surface area contributed by atoms with Crippen molar-refractivity contribution >= 4 is 45.9 Å². The van der Waals surface area contributed by atoms with Gasteiger partial charge in [-0.2, -0.15) is 10.2 Å². The van der Waals surface area contributed by atoms with E-state index in [-0.39, 0.29) is 41.4 Å². The third-order valence-corrected chi connectivity index (χ3v) is 13.0. The molecule has 4 fully saturated rings. The molecule has 0 spiro atoms. The van der Waals surface area contributed by atoms with Crippen LogP contribution in [0, 0.1) is 5.92 Å². The molecule has 1 saturated carbocycles. The minimum Gasteiger partial charge on any atom is -0.378 e. The summed E-state index contributed by atoms with van der Waals surface area (Å²) in [5, 5.41) is 13.6. The van der Waals surface area contributed by atoms with Crippen molar-refractivity contribution in [3.8, 4) is 0 Å². The molecule has 7 heterocycles. The Morgan fingerprint density at radius 1 is 1.02 bits per heavy atom. The number of aryl methyl sites for hydroxylation is 2. The number of halogens is 2. The number of hydrogen-bond acceptors (Lipinski definition) is 11. The number of aromatic nitrogens is 7. The van der Waals surface area contributed by atoms with E-state index < -0.39 is 30.0 Å². The second-order valence-electron chi connectivity index (χ2n) is 17.0. The molecule has 62 heavy (non-hydrogen) atoms. The molecular formula is C43H53F2N11O6. The van der Waals surface area contributed by atoms with E-state index in [9.17, 15) is 28.0 Å². The predicted octanol–water partition coefficient (Wildman–Crippen LogP) is 4.43. The van der Waals surface area contributed by atoms with Crippen LogP contribution in [0.15, 0.2) is 47.7 Å². The first-order valence-corrected chi connectivity index (χ1v) is 21.8. The van der Waals surface area contributed by atoms with Gasteiger partial charge in [-0.05, 0) is 81.4 Å². The summed E-state index contributed by atoms with van der Waals surface area (Å²) in [6.45, 7) is 6.03. The normalized spacial score (nSPS) is 21.9. The fourth-order valence-corrected chi connectivity index (χ4v) is 9.71. The quantitative estimate of drug-likeness (QED) is 0.127. The lowest BCUT2D eigenvalue weighted by Crippen LogP contribution is -2.44. The van der Waals surface area contributed by atoms with Gasteiger partial charge in [0.05, 0.1) is 48.3 Å². The molecule has 2 N–H and O–H groups in total. The number of fused-ring (bicyclic) bond motifs is 2. The first-order chi connectivity index (χ1) is 30.1. The van der Waals surface area contributed by atoms with Gasteiger partial charge in [0.2, 0.25) is 11.8 Å². The molecule has 5 aromatic rings. The molecule has 4 aliphatic rings. The molecule has 9 rings (SSSR count). The third-order valence-electron chi connectivity index (χ3n) is 13.0. The van der Waals surface area contributed by atoms with Crippen LogP contribution in [0.2, 0.25) is 0 Å². The summed E-state index contributed by atoms with van der Waals surface area (Å²) in [4.78, 5) is 60.3. The molecule has 3 aliphatic heterocycles. The van der Waals surface area contributed by atoms with Gasteiger partial charge in [-0.25, -0.2) is 23.1 Å². The number of benzene rings is 1. The van der Waals surface area contributed by atoms with E-state index in [1.807, 2.05) is 24.3 Å². The van der Waals surface area contributed by atoms with Gasteiger partial charge in [0.1, 0.15) is 17.4 Å². The molecule has 3 amide bonds. The summed E-state index contributed by atoms with van der Waals surface area (Å²) in [6.07, 6.45) is 9.46. The molecule has 4 aromatic heterocycles. The lowest BCUT2D eigenvalue weighted by atomic mass is 9.85. The van der Waals surface area contributed by atoms with Crippen LogP contribution in [0.5, 0.6) is 0 Å². The van der Waals surface area contributed by atoms with E-state index in [0.29, 0.717) is 62.2 Å². The van der Waals surface area contributed by atoms with E-state index in [4.69, 9.17) is 9.47 Å². The molecule has 0 bridgehead atoms. The maximum atomic E-state index is 14.3. The van der Waals surface area contributed by atoms with Crippen LogP contribution in [0.25, 0.3) is 16.7 Å². The Bertz CT molecular complexity index is 2490. The van der Waals surface area contributed by atoms with Crippen LogP contribution in [-0.2, 0) is 32.5 Å².